The molecule has 0 aromatic heterocycles. The summed E-state index contributed by atoms with van der Waals surface area (Å²) in [4.78, 5) is 0. The van der Waals surface area contributed by atoms with Gasteiger partial charge in [0, 0.05) is 15.1 Å². The smallest absolute Gasteiger partial charge is 0.0578 e. The first-order valence-electron chi connectivity index (χ1n) is 6.46. The SMILES string of the molecule is CCNC(c1cc(Cl)cc(Cl)c1)c1ccc(C)c(Cl)c1. The molecule has 1 atom stereocenters. The molecule has 2 aromatic carbocycles. The topological polar surface area (TPSA) is 12.0 Å². The highest BCUT2D eigenvalue weighted by molar-refractivity contribution is 6.34. The van der Waals surface area contributed by atoms with Gasteiger partial charge in [0.25, 0.3) is 0 Å². The van der Waals surface area contributed by atoms with Gasteiger partial charge in [-0.1, -0.05) is 53.9 Å². The first-order chi connectivity index (χ1) is 9.51. The number of nitrogens with one attached hydrogen (secondary N) is 1. The summed E-state index contributed by atoms with van der Waals surface area (Å²) in [6.07, 6.45) is 0. The molecule has 2 aromatic rings. The number of hydrogen-bond acceptors (Lipinski definition) is 1. The fourth-order valence-electron chi connectivity index (χ4n) is 2.16. The number of rotatable bonds is 4. The van der Waals surface area contributed by atoms with Crippen LogP contribution < -0.4 is 5.32 Å². The second-order valence-electron chi connectivity index (χ2n) is 4.70. The Hall–Kier alpha value is -0.730. The third kappa shape index (κ3) is 3.67. The van der Waals surface area contributed by atoms with Crippen LogP contribution in [0.1, 0.15) is 29.7 Å². The monoisotopic (exact) mass is 327 g/mol. The van der Waals surface area contributed by atoms with E-state index in [0.717, 1.165) is 28.3 Å². The highest BCUT2D eigenvalue weighted by atomic mass is 35.5. The van der Waals surface area contributed by atoms with Crippen LogP contribution in [0.25, 0.3) is 0 Å². The normalized spacial score (nSPS) is 12.4. The molecule has 2 rings (SSSR count). The minimum Gasteiger partial charge on any atom is -0.307 e. The van der Waals surface area contributed by atoms with Gasteiger partial charge in [-0.15, -0.1) is 0 Å². The molecule has 0 radical (unpaired) electrons. The zero-order chi connectivity index (χ0) is 14.7. The van der Waals surface area contributed by atoms with Gasteiger partial charge in [-0.25, -0.2) is 0 Å². The van der Waals surface area contributed by atoms with E-state index in [-0.39, 0.29) is 6.04 Å². The van der Waals surface area contributed by atoms with Gasteiger partial charge in [0.05, 0.1) is 6.04 Å². The highest BCUT2D eigenvalue weighted by Crippen LogP contribution is 2.30. The molecule has 20 heavy (non-hydrogen) atoms. The molecule has 0 aliphatic rings. The molecule has 4 heteroatoms. The van der Waals surface area contributed by atoms with E-state index in [1.54, 1.807) is 6.07 Å². The summed E-state index contributed by atoms with van der Waals surface area (Å²) in [5.41, 5.74) is 3.19. The first kappa shape index (κ1) is 15.7. The van der Waals surface area contributed by atoms with Gasteiger partial charge in [-0.3, -0.25) is 0 Å². The van der Waals surface area contributed by atoms with E-state index in [0.29, 0.717) is 10.0 Å². The summed E-state index contributed by atoms with van der Waals surface area (Å²) in [6.45, 7) is 4.89. The Labute approximate surface area is 134 Å². The van der Waals surface area contributed by atoms with Crippen LogP contribution in [-0.2, 0) is 0 Å². The van der Waals surface area contributed by atoms with Gasteiger partial charge in [-0.05, 0) is 54.4 Å². The maximum Gasteiger partial charge on any atom is 0.0578 e. The van der Waals surface area contributed by atoms with E-state index in [2.05, 4.69) is 18.3 Å². The van der Waals surface area contributed by atoms with Crippen LogP contribution in [0.2, 0.25) is 15.1 Å². The van der Waals surface area contributed by atoms with E-state index in [9.17, 15) is 0 Å². The molecule has 0 fully saturated rings. The molecule has 0 amide bonds. The third-order valence-electron chi connectivity index (χ3n) is 3.16. The molecule has 0 saturated heterocycles. The van der Waals surface area contributed by atoms with Crippen molar-refractivity contribution < 1.29 is 0 Å². The number of halogens is 3. The van der Waals surface area contributed by atoms with Crippen LogP contribution in [0, 0.1) is 6.92 Å². The lowest BCUT2D eigenvalue weighted by atomic mass is 9.97. The Bertz CT molecular complexity index is 590. The molecule has 106 valence electrons. The van der Waals surface area contributed by atoms with Crippen molar-refractivity contribution in [3.05, 3.63) is 68.2 Å². The second kappa shape index (κ2) is 6.82. The summed E-state index contributed by atoms with van der Waals surface area (Å²) in [5.74, 6) is 0. The van der Waals surface area contributed by atoms with Crippen molar-refractivity contribution in [3.63, 3.8) is 0 Å². The molecule has 1 unspecified atom stereocenters. The Kier molecular flexibility index (Phi) is 5.34. The second-order valence-corrected chi connectivity index (χ2v) is 5.98. The molecule has 0 bridgehead atoms. The van der Waals surface area contributed by atoms with Crippen LogP contribution in [0.5, 0.6) is 0 Å². The van der Waals surface area contributed by atoms with Crippen LogP contribution in [-0.4, -0.2) is 6.54 Å². The van der Waals surface area contributed by atoms with Crippen LogP contribution in [0.3, 0.4) is 0 Å². The average Bonchev–Trinajstić information content (AvgIpc) is 2.38. The number of hydrogen-bond donors (Lipinski definition) is 1. The van der Waals surface area contributed by atoms with E-state index < -0.39 is 0 Å². The summed E-state index contributed by atoms with van der Waals surface area (Å²) >= 11 is 18.4. The molecule has 1 N–H and O–H groups in total. The fraction of sp³-hybridized carbons (Fsp3) is 0.250. The largest absolute Gasteiger partial charge is 0.307 e. The van der Waals surface area contributed by atoms with Gasteiger partial charge >= 0.3 is 0 Å². The first-order valence-corrected chi connectivity index (χ1v) is 7.60. The predicted molar refractivity (Wildman–Crippen MR) is 88.2 cm³/mol. The molecule has 0 aliphatic heterocycles. The highest BCUT2D eigenvalue weighted by Gasteiger charge is 2.15. The lowest BCUT2D eigenvalue weighted by Gasteiger charge is -2.20. The van der Waals surface area contributed by atoms with Crippen LogP contribution >= 0.6 is 34.8 Å². The summed E-state index contributed by atoms with van der Waals surface area (Å²) in [6, 6.07) is 11.7. The minimum absolute atomic E-state index is 0.0225. The maximum absolute atomic E-state index is 6.23. The summed E-state index contributed by atoms with van der Waals surface area (Å²) in [7, 11) is 0. The van der Waals surface area contributed by atoms with Crippen LogP contribution in [0.4, 0.5) is 0 Å². The molecule has 0 aliphatic carbocycles. The predicted octanol–water partition coefficient (Wildman–Crippen LogP) is 5.65. The molecule has 0 heterocycles. The number of benzene rings is 2. The molecule has 0 spiro atoms. The molecular formula is C16H16Cl3N. The molecular weight excluding hydrogens is 313 g/mol. The Morgan fingerprint density at radius 2 is 1.60 bits per heavy atom. The Morgan fingerprint density at radius 3 is 2.15 bits per heavy atom. The van der Waals surface area contributed by atoms with Crippen molar-refractivity contribution in [2.75, 3.05) is 6.54 Å². The van der Waals surface area contributed by atoms with Crippen molar-refractivity contribution in [1.82, 2.24) is 5.32 Å². The van der Waals surface area contributed by atoms with Gasteiger partial charge in [0.2, 0.25) is 0 Å². The zero-order valence-corrected chi connectivity index (χ0v) is 13.7. The quantitative estimate of drug-likeness (QED) is 0.764. The van der Waals surface area contributed by atoms with Crippen molar-refractivity contribution in [2.45, 2.75) is 19.9 Å². The Morgan fingerprint density at radius 1 is 0.950 bits per heavy atom. The third-order valence-corrected chi connectivity index (χ3v) is 4.00. The van der Waals surface area contributed by atoms with E-state index >= 15 is 0 Å². The number of aryl methyl sites for hydroxylation is 1. The standard InChI is InChI=1S/C16H16Cl3N/c1-3-20-16(11-5-4-10(2)15(19)8-11)12-6-13(17)9-14(18)7-12/h4-9,16,20H,3H2,1-2H3. The molecule has 0 saturated carbocycles. The van der Waals surface area contributed by atoms with E-state index in [1.165, 1.54) is 0 Å². The van der Waals surface area contributed by atoms with Gasteiger partial charge in [-0.2, -0.15) is 0 Å². The lowest BCUT2D eigenvalue weighted by Crippen LogP contribution is -2.22. The summed E-state index contributed by atoms with van der Waals surface area (Å²) < 4.78 is 0. The van der Waals surface area contributed by atoms with E-state index in [1.807, 2.05) is 31.2 Å². The van der Waals surface area contributed by atoms with Crippen molar-refractivity contribution in [3.8, 4) is 0 Å². The average molecular weight is 329 g/mol. The van der Waals surface area contributed by atoms with Crippen LogP contribution in [0.15, 0.2) is 36.4 Å². The summed E-state index contributed by atoms with van der Waals surface area (Å²) in [5, 5.41) is 5.47. The minimum atomic E-state index is 0.0225. The van der Waals surface area contributed by atoms with E-state index in [4.69, 9.17) is 34.8 Å². The maximum atomic E-state index is 6.23. The van der Waals surface area contributed by atoms with Crippen molar-refractivity contribution >= 4 is 34.8 Å². The fourth-order valence-corrected chi connectivity index (χ4v) is 2.89. The van der Waals surface area contributed by atoms with Gasteiger partial charge < -0.3 is 5.32 Å². The van der Waals surface area contributed by atoms with Gasteiger partial charge in [0.1, 0.15) is 0 Å². The molecule has 1 nitrogen and oxygen atoms in total. The lowest BCUT2D eigenvalue weighted by molar-refractivity contribution is 0.630. The van der Waals surface area contributed by atoms with Gasteiger partial charge in [0.15, 0.2) is 0 Å². The van der Waals surface area contributed by atoms with Crippen molar-refractivity contribution in [1.29, 1.82) is 0 Å². The zero-order valence-electron chi connectivity index (χ0n) is 11.4. The van der Waals surface area contributed by atoms with Crippen molar-refractivity contribution in [2.24, 2.45) is 0 Å². The Balaban J connectivity index is 2.46.